The van der Waals surface area contributed by atoms with E-state index in [1.807, 2.05) is 30.3 Å². The molecule has 3 N–H and O–H groups in total. The van der Waals surface area contributed by atoms with Crippen LogP contribution in [-0.4, -0.2) is 32.7 Å². The Morgan fingerprint density at radius 1 is 1.37 bits per heavy atom. The molecule has 7 heteroatoms. The molecule has 0 aromatic heterocycles. The monoisotopic (exact) mass is 286 g/mol. The second-order valence-electron chi connectivity index (χ2n) is 4.04. The summed E-state index contributed by atoms with van der Waals surface area (Å²) >= 11 is 0. The highest BCUT2D eigenvalue weighted by molar-refractivity contribution is 7.89. The van der Waals surface area contributed by atoms with Gasteiger partial charge in [0.1, 0.15) is 12.6 Å². The molecule has 0 fully saturated rings. The Labute approximate surface area is 113 Å². The number of nitrogens with one attached hydrogen (secondary N) is 1. The lowest BCUT2D eigenvalue weighted by atomic mass is 10.2. The van der Waals surface area contributed by atoms with Crippen molar-refractivity contribution in [3.63, 3.8) is 0 Å². The van der Waals surface area contributed by atoms with Gasteiger partial charge in [-0.25, -0.2) is 13.1 Å². The third-order valence-electron chi connectivity index (χ3n) is 2.32. The van der Waals surface area contributed by atoms with Gasteiger partial charge >= 0.3 is 5.97 Å². The molecule has 106 valence electrons. The molecular formula is C12H18N2O4S. The van der Waals surface area contributed by atoms with Gasteiger partial charge < -0.3 is 10.5 Å². The lowest BCUT2D eigenvalue weighted by Gasteiger charge is -2.13. The zero-order chi connectivity index (χ0) is 14.3. The van der Waals surface area contributed by atoms with Crippen molar-refractivity contribution in [3.8, 4) is 0 Å². The molecule has 0 saturated carbocycles. The molecule has 0 bridgehead atoms. The van der Waals surface area contributed by atoms with Crippen LogP contribution in [0, 0.1) is 0 Å². The quantitative estimate of drug-likeness (QED) is 0.687. The van der Waals surface area contributed by atoms with Crippen LogP contribution >= 0.6 is 0 Å². The first kappa shape index (κ1) is 15.6. The second kappa shape index (κ2) is 7.22. The van der Waals surface area contributed by atoms with Gasteiger partial charge in [0.15, 0.2) is 0 Å². The van der Waals surface area contributed by atoms with Crippen molar-refractivity contribution in [2.75, 3.05) is 12.3 Å². The van der Waals surface area contributed by atoms with Crippen LogP contribution in [0.2, 0.25) is 0 Å². The number of carbonyl (C=O) groups excluding carboxylic acids is 1. The Hall–Kier alpha value is -1.44. The topological polar surface area (TPSA) is 98.5 Å². The molecule has 0 spiro atoms. The molecule has 1 atom stereocenters. The van der Waals surface area contributed by atoms with Gasteiger partial charge in [0.25, 0.3) is 0 Å². The van der Waals surface area contributed by atoms with E-state index < -0.39 is 22.0 Å². The van der Waals surface area contributed by atoms with Crippen molar-refractivity contribution in [3.05, 3.63) is 35.9 Å². The molecule has 1 aromatic rings. The third kappa shape index (κ3) is 5.82. The van der Waals surface area contributed by atoms with Gasteiger partial charge in [-0.2, -0.15) is 0 Å². The standard InChI is InChI=1S/C12H18N2O4S/c1-10(14-19(16,17)8-7-13)12(15)18-9-11-5-3-2-4-6-11/h2-6,10,14H,7-9,13H2,1H3/t10-/m1/s1. The SMILES string of the molecule is C[C@@H](NS(=O)(=O)CCN)C(=O)OCc1ccccc1. The molecular weight excluding hydrogens is 268 g/mol. The molecule has 1 aromatic carbocycles. The average molecular weight is 286 g/mol. The summed E-state index contributed by atoms with van der Waals surface area (Å²) in [4.78, 5) is 11.6. The number of sulfonamides is 1. The fraction of sp³-hybridized carbons (Fsp3) is 0.417. The molecule has 1 rings (SSSR count). The number of benzene rings is 1. The van der Waals surface area contributed by atoms with Gasteiger partial charge in [-0.1, -0.05) is 30.3 Å². The van der Waals surface area contributed by atoms with Crippen LogP contribution in [0.4, 0.5) is 0 Å². The minimum atomic E-state index is -3.53. The van der Waals surface area contributed by atoms with Crippen LogP contribution in [0.3, 0.4) is 0 Å². The Morgan fingerprint density at radius 3 is 2.58 bits per heavy atom. The molecule has 0 radical (unpaired) electrons. The van der Waals surface area contributed by atoms with E-state index in [2.05, 4.69) is 4.72 Å². The first-order valence-electron chi connectivity index (χ1n) is 5.85. The summed E-state index contributed by atoms with van der Waals surface area (Å²) in [5.41, 5.74) is 6.01. The van der Waals surface area contributed by atoms with E-state index in [0.717, 1.165) is 5.56 Å². The van der Waals surface area contributed by atoms with Crippen molar-refractivity contribution in [1.29, 1.82) is 0 Å². The van der Waals surface area contributed by atoms with E-state index in [1.165, 1.54) is 6.92 Å². The fourth-order valence-electron chi connectivity index (χ4n) is 1.39. The normalized spacial score (nSPS) is 12.9. The number of nitrogens with two attached hydrogens (primary N) is 1. The zero-order valence-electron chi connectivity index (χ0n) is 10.7. The van der Waals surface area contributed by atoms with E-state index in [9.17, 15) is 13.2 Å². The molecule has 6 nitrogen and oxygen atoms in total. The van der Waals surface area contributed by atoms with E-state index in [1.54, 1.807) is 0 Å². The van der Waals surface area contributed by atoms with E-state index in [-0.39, 0.29) is 18.9 Å². The number of hydrogen-bond acceptors (Lipinski definition) is 5. The summed E-state index contributed by atoms with van der Waals surface area (Å²) in [6.07, 6.45) is 0. The molecule has 0 amide bonds. The molecule has 0 heterocycles. The molecule has 0 aliphatic heterocycles. The maximum Gasteiger partial charge on any atom is 0.324 e. The first-order valence-corrected chi connectivity index (χ1v) is 7.50. The fourth-order valence-corrected chi connectivity index (χ4v) is 2.45. The van der Waals surface area contributed by atoms with Crippen molar-refractivity contribution in [2.45, 2.75) is 19.6 Å². The highest BCUT2D eigenvalue weighted by Crippen LogP contribution is 2.02. The van der Waals surface area contributed by atoms with Crippen LogP contribution < -0.4 is 10.5 Å². The van der Waals surface area contributed by atoms with Gasteiger partial charge in [0.2, 0.25) is 10.0 Å². The number of hydrogen-bond donors (Lipinski definition) is 2. The predicted molar refractivity (Wildman–Crippen MR) is 71.7 cm³/mol. The van der Waals surface area contributed by atoms with Crippen molar-refractivity contribution >= 4 is 16.0 Å². The Kier molecular flexibility index (Phi) is 5.94. The summed E-state index contributed by atoms with van der Waals surface area (Å²) in [5, 5.41) is 0. The van der Waals surface area contributed by atoms with Crippen LogP contribution in [0.1, 0.15) is 12.5 Å². The Balaban J connectivity index is 2.45. The summed E-state index contributed by atoms with van der Waals surface area (Å²) < 4.78 is 30.1. The molecule has 19 heavy (non-hydrogen) atoms. The minimum Gasteiger partial charge on any atom is -0.460 e. The third-order valence-corrected chi connectivity index (χ3v) is 3.81. The number of esters is 1. The van der Waals surface area contributed by atoms with Crippen molar-refractivity contribution < 1.29 is 17.9 Å². The molecule has 0 aliphatic rings. The zero-order valence-corrected chi connectivity index (χ0v) is 11.5. The number of rotatable bonds is 7. The van der Waals surface area contributed by atoms with Gasteiger partial charge in [0.05, 0.1) is 5.75 Å². The lowest BCUT2D eigenvalue weighted by Crippen LogP contribution is -2.41. The van der Waals surface area contributed by atoms with Crippen LogP contribution in [-0.2, 0) is 26.2 Å². The van der Waals surface area contributed by atoms with Gasteiger partial charge in [-0.3, -0.25) is 4.79 Å². The minimum absolute atomic E-state index is 0.00111. The van der Waals surface area contributed by atoms with Crippen LogP contribution in [0.25, 0.3) is 0 Å². The number of carbonyl (C=O) groups is 1. The van der Waals surface area contributed by atoms with Gasteiger partial charge in [0, 0.05) is 6.54 Å². The second-order valence-corrected chi connectivity index (χ2v) is 5.91. The van der Waals surface area contributed by atoms with Gasteiger partial charge in [-0.05, 0) is 12.5 Å². The summed E-state index contributed by atoms with van der Waals surface area (Å²) in [7, 11) is -3.53. The Morgan fingerprint density at radius 2 is 2.00 bits per heavy atom. The highest BCUT2D eigenvalue weighted by Gasteiger charge is 2.20. The van der Waals surface area contributed by atoms with Crippen molar-refractivity contribution in [1.82, 2.24) is 4.72 Å². The van der Waals surface area contributed by atoms with Crippen molar-refractivity contribution in [2.24, 2.45) is 5.73 Å². The Bertz CT molecular complexity index is 502. The van der Waals surface area contributed by atoms with Crippen LogP contribution in [0.5, 0.6) is 0 Å². The summed E-state index contributed by atoms with van der Waals surface area (Å²) in [5.74, 6) is -0.840. The number of ether oxygens (including phenoxy) is 1. The van der Waals surface area contributed by atoms with Crippen LogP contribution in [0.15, 0.2) is 30.3 Å². The van der Waals surface area contributed by atoms with Gasteiger partial charge in [-0.15, -0.1) is 0 Å². The maximum absolute atomic E-state index is 11.6. The molecule has 0 saturated heterocycles. The average Bonchev–Trinajstić information content (AvgIpc) is 2.36. The highest BCUT2D eigenvalue weighted by atomic mass is 32.2. The summed E-state index contributed by atoms with van der Waals surface area (Å²) in [6, 6.07) is 8.22. The smallest absolute Gasteiger partial charge is 0.324 e. The van der Waals surface area contributed by atoms with E-state index >= 15 is 0 Å². The first-order chi connectivity index (χ1) is 8.94. The predicted octanol–water partition coefficient (Wildman–Crippen LogP) is -0.00360. The maximum atomic E-state index is 11.6. The largest absolute Gasteiger partial charge is 0.460 e. The molecule has 0 unspecified atom stereocenters. The lowest BCUT2D eigenvalue weighted by molar-refractivity contribution is -0.146. The summed E-state index contributed by atoms with van der Waals surface area (Å²) in [6.45, 7) is 1.55. The molecule has 0 aliphatic carbocycles. The van der Waals surface area contributed by atoms with E-state index in [0.29, 0.717) is 0 Å². The van der Waals surface area contributed by atoms with E-state index in [4.69, 9.17) is 10.5 Å².